The maximum absolute atomic E-state index is 12.3. The number of carbonyl (C=O) groups is 1. The summed E-state index contributed by atoms with van der Waals surface area (Å²) in [6.45, 7) is 3.83. The van der Waals surface area contributed by atoms with Crippen molar-refractivity contribution in [3.05, 3.63) is 60.7 Å². The topological polar surface area (TPSA) is 59.8 Å². The number of hydrogen-bond donors (Lipinski definition) is 1. The lowest BCUT2D eigenvalue weighted by Crippen LogP contribution is -2.38. The molecule has 0 radical (unpaired) electrons. The van der Waals surface area contributed by atoms with Crippen molar-refractivity contribution < 1.29 is 4.79 Å². The van der Waals surface area contributed by atoms with Crippen LogP contribution in [0.5, 0.6) is 0 Å². The lowest BCUT2D eigenvalue weighted by molar-refractivity contribution is -0.124. The second kappa shape index (κ2) is 6.60. The van der Waals surface area contributed by atoms with Crippen LogP contribution in [0.2, 0.25) is 0 Å². The molecule has 1 N–H and O–H groups in total. The Hall–Kier alpha value is -2.69. The third kappa shape index (κ3) is 3.56. The van der Waals surface area contributed by atoms with Gasteiger partial charge >= 0.3 is 0 Å². The highest BCUT2D eigenvalue weighted by Crippen LogP contribution is 2.16. The quantitative estimate of drug-likeness (QED) is 0.788. The smallest absolute Gasteiger partial charge is 0.244 e. The molecule has 0 aliphatic carbocycles. The molecule has 118 valence electrons. The zero-order valence-electron chi connectivity index (χ0n) is 13.3. The van der Waals surface area contributed by atoms with Gasteiger partial charge in [-0.3, -0.25) is 4.79 Å². The van der Waals surface area contributed by atoms with Crippen LogP contribution in [0, 0.1) is 0 Å². The molecule has 5 heteroatoms. The predicted octanol–water partition coefficient (Wildman–Crippen LogP) is 2.74. The fourth-order valence-corrected chi connectivity index (χ4v) is 2.67. The minimum Gasteiger partial charge on any atom is -0.351 e. The van der Waals surface area contributed by atoms with Gasteiger partial charge in [0, 0.05) is 6.04 Å². The molecule has 1 amide bonds. The number of aromatic nitrogens is 3. The summed E-state index contributed by atoms with van der Waals surface area (Å²) in [4.78, 5) is 16.1. The molecular weight excluding hydrogens is 288 g/mol. The summed E-state index contributed by atoms with van der Waals surface area (Å²) in [6.07, 6.45) is 3.78. The number of nitrogens with one attached hydrogen (secondary N) is 1. The van der Waals surface area contributed by atoms with Crippen LogP contribution >= 0.6 is 0 Å². The fourth-order valence-electron chi connectivity index (χ4n) is 2.67. The maximum atomic E-state index is 12.3. The summed E-state index contributed by atoms with van der Waals surface area (Å²) >= 11 is 0. The molecule has 0 aliphatic heterocycles. The van der Waals surface area contributed by atoms with E-state index in [1.165, 1.54) is 22.7 Å². The molecule has 0 saturated heterocycles. The van der Waals surface area contributed by atoms with Gasteiger partial charge in [0.1, 0.15) is 18.7 Å². The number of rotatable bonds is 5. The average Bonchev–Trinajstić information content (AvgIpc) is 3.08. The second-order valence-electron chi connectivity index (χ2n) is 5.85. The fraction of sp³-hybridized carbons (Fsp3) is 0.278. The van der Waals surface area contributed by atoms with Gasteiger partial charge in [0.05, 0.1) is 0 Å². The molecule has 0 fully saturated rings. The minimum atomic E-state index is -0.364. The van der Waals surface area contributed by atoms with Crippen molar-refractivity contribution in [1.82, 2.24) is 20.1 Å². The van der Waals surface area contributed by atoms with Crippen LogP contribution in [0.15, 0.2) is 55.1 Å². The molecule has 3 rings (SSSR count). The monoisotopic (exact) mass is 308 g/mol. The van der Waals surface area contributed by atoms with E-state index in [1.807, 2.05) is 26.0 Å². The van der Waals surface area contributed by atoms with Crippen LogP contribution < -0.4 is 5.32 Å². The van der Waals surface area contributed by atoms with Crippen LogP contribution in [0.25, 0.3) is 10.8 Å². The minimum absolute atomic E-state index is 0.0506. The van der Waals surface area contributed by atoms with E-state index in [2.05, 4.69) is 45.7 Å². The van der Waals surface area contributed by atoms with Gasteiger partial charge in [0.25, 0.3) is 0 Å². The zero-order chi connectivity index (χ0) is 16.2. The van der Waals surface area contributed by atoms with E-state index in [9.17, 15) is 4.79 Å². The standard InChI is InChI=1S/C18H20N4O/c1-13(21-18(23)14(2)22-12-19-11-20-22)9-15-7-8-16-5-3-4-6-17(16)10-15/h3-8,10-14H,9H2,1-2H3,(H,21,23). The number of carbonyl (C=O) groups excluding carboxylic acids is 1. The van der Waals surface area contributed by atoms with Crippen LogP contribution in [0.3, 0.4) is 0 Å². The van der Waals surface area contributed by atoms with Crippen molar-refractivity contribution in [1.29, 1.82) is 0 Å². The highest BCUT2D eigenvalue weighted by molar-refractivity contribution is 5.83. The van der Waals surface area contributed by atoms with Crippen molar-refractivity contribution in [3.8, 4) is 0 Å². The highest BCUT2D eigenvalue weighted by atomic mass is 16.2. The number of amides is 1. The molecule has 0 saturated carbocycles. The Labute approximate surface area is 135 Å². The molecule has 1 aromatic heterocycles. The van der Waals surface area contributed by atoms with E-state index in [-0.39, 0.29) is 18.0 Å². The molecule has 2 aromatic carbocycles. The van der Waals surface area contributed by atoms with E-state index in [0.717, 1.165) is 6.42 Å². The zero-order valence-corrected chi connectivity index (χ0v) is 13.3. The molecule has 0 bridgehead atoms. The van der Waals surface area contributed by atoms with Crippen LogP contribution in [-0.4, -0.2) is 26.7 Å². The summed E-state index contributed by atoms with van der Waals surface area (Å²) in [5.74, 6) is -0.0520. The maximum Gasteiger partial charge on any atom is 0.244 e. The largest absolute Gasteiger partial charge is 0.351 e. The van der Waals surface area contributed by atoms with E-state index in [1.54, 1.807) is 11.0 Å². The number of benzene rings is 2. The average molecular weight is 308 g/mol. The van der Waals surface area contributed by atoms with Crippen LogP contribution in [-0.2, 0) is 11.2 Å². The van der Waals surface area contributed by atoms with Gasteiger partial charge in [-0.2, -0.15) is 5.10 Å². The Morgan fingerprint density at radius 3 is 2.70 bits per heavy atom. The van der Waals surface area contributed by atoms with Gasteiger partial charge in [-0.05, 0) is 36.6 Å². The van der Waals surface area contributed by atoms with Crippen molar-refractivity contribution in [2.75, 3.05) is 0 Å². The van der Waals surface area contributed by atoms with E-state index >= 15 is 0 Å². The predicted molar refractivity (Wildman–Crippen MR) is 90.0 cm³/mol. The molecule has 0 aliphatic rings. The van der Waals surface area contributed by atoms with Crippen molar-refractivity contribution in [3.63, 3.8) is 0 Å². The molecule has 0 spiro atoms. The van der Waals surface area contributed by atoms with Gasteiger partial charge < -0.3 is 5.32 Å². The second-order valence-corrected chi connectivity index (χ2v) is 5.85. The third-order valence-electron chi connectivity index (χ3n) is 3.96. The van der Waals surface area contributed by atoms with Crippen LogP contribution in [0.4, 0.5) is 0 Å². The van der Waals surface area contributed by atoms with E-state index in [0.29, 0.717) is 0 Å². The normalized spacial score (nSPS) is 13.7. The number of nitrogens with zero attached hydrogens (tertiary/aromatic N) is 3. The Kier molecular flexibility index (Phi) is 4.37. The lowest BCUT2D eigenvalue weighted by atomic mass is 10.0. The van der Waals surface area contributed by atoms with Gasteiger partial charge in [0.2, 0.25) is 5.91 Å². The Morgan fingerprint density at radius 2 is 1.96 bits per heavy atom. The summed E-state index contributed by atoms with van der Waals surface area (Å²) in [7, 11) is 0. The van der Waals surface area contributed by atoms with Gasteiger partial charge in [-0.25, -0.2) is 9.67 Å². The van der Waals surface area contributed by atoms with Crippen molar-refractivity contribution >= 4 is 16.7 Å². The molecular formula is C18H20N4O. The SMILES string of the molecule is CC(Cc1ccc2ccccc2c1)NC(=O)C(C)n1cncn1. The summed E-state index contributed by atoms with van der Waals surface area (Å²) in [6, 6.07) is 14.4. The van der Waals surface area contributed by atoms with Gasteiger partial charge in [-0.15, -0.1) is 0 Å². The van der Waals surface area contributed by atoms with Crippen molar-refractivity contribution in [2.24, 2.45) is 0 Å². The third-order valence-corrected chi connectivity index (χ3v) is 3.96. The van der Waals surface area contributed by atoms with E-state index in [4.69, 9.17) is 0 Å². The van der Waals surface area contributed by atoms with Gasteiger partial charge in [-0.1, -0.05) is 42.5 Å². The summed E-state index contributed by atoms with van der Waals surface area (Å²) < 4.78 is 1.55. The lowest BCUT2D eigenvalue weighted by Gasteiger charge is -2.18. The summed E-state index contributed by atoms with van der Waals surface area (Å²) in [5.41, 5.74) is 1.21. The first-order chi connectivity index (χ1) is 11.1. The first-order valence-corrected chi connectivity index (χ1v) is 7.75. The number of hydrogen-bond acceptors (Lipinski definition) is 3. The molecule has 2 unspecified atom stereocenters. The van der Waals surface area contributed by atoms with E-state index < -0.39 is 0 Å². The first kappa shape index (κ1) is 15.2. The Bertz CT molecular complexity index is 798. The Balaban J connectivity index is 1.63. The first-order valence-electron chi connectivity index (χ1n) is 7.75. The molecule has 23 heavy (non-hydrogen) atoms. The Morgan fingerprint density at radius 1 is 1.17 bits per heavy atom. The highest BCUT2D eigenvalue weighted by Gasteiger charge is 2.17. The van der Waals surface area contributed by atoms with Crippen molar-refractivity contribution in [2.45, 2.75) is 32.4 Å². The molecule has 5 nitrogen and oxygen atoms in total. The van der Waals surface area contributed by atoms with Gasteiger partial charge in [0.15, 0.2) is 0 Å². The molecule has 2 atom stereocenters. The molecule has 1 heterocycles. The van der Waals surface area contributed by atoms with Crippen LogP contribution in [0.1, 0.15) is 25.5 Å². The summed E-state index contributed by atoms with van der Waals surface area (Å²) in [5, 5.41) is 9.50. The number of fused-ring (bicyclic) bond motifs is 1. The molecule has 3 aromatic rings.